The standard InChI is InChI=1S/C20H22Cl3NO7S/c1-12(25)24-9-14(27)11-30-15-2-4-16(5-3-15)32(28,29)17-6-18(22)20(19(23)7-17)31-10-13(26)8-21/h2-7,13-14,26-27H,8-11H2,1H3,(H,24,25). The van der Waals surface area contributed by atoms with E-state index in [1.807, 2.05) is 0 Å². The van der Waals surface area contributed by atoms with E-state index in [4.69, 9.17) is 44.3 Å². The summed E-state index contributed by atoms with van der Waals surface area (Å²) in [6, 6.07) is 7.96. The van der Waals surface area contributed by atoms with Crippen LogP contribution in [0.4, 0.5) is 0 Å². The Labute approximate surface area is 200 Å². The first kappa shape index (κ1) is 26.5. The molecule has 0 spiro atoms. The molecule has 0 saturated heterocycles. The maximum absolute atomic E-state index is 13.0. The van der Waals surface area contributed by atoms with E-state index in [0.717, 1.165) is 0 Å². The molecule has 2 rings (SSSR count). The van der Waals surface area contributed by atoms with Crippen molar-refractivity contribution in [1.82, 2.24) is 5.32 Å². The van der Waals surface area contributed by atoms with Crippen molar-refractivity contribution in [3.05, 3.63) is 46.4 Å². The number of rotatable bonds is 11. The second-order valence-corrected chi connectivity index (χ2v) is 9.78. The van der Waals surface area contributed by atoms with E-state index >= 15 is 0 Å². The molecule has 0 aliphatic rings. The van der Waals surface area contributed by atoms with Gasteiger partial charge in [-0.2, -0.15) is 0 Å². The molecule has 0 bridgehead atoms. The van der Waals surface area contributed by atoms with Crippen molar-refractivity contribution < 1.29 is 32.9 Å². The zero-order valence-corrected chi connectivity index (χ0v) is 20.0. The minimum Gasteiger partial charge on any atom is -0.491 e. The van der Waals surface area contributed by atoms with Gasteiger partial charge in [0.25, 0.3) is 0 Å². The van der Waals surface area contributed by atoms with Gasteiger partial charge in [0.2, 0.25) is 15.7 Å². The van der Waals surface area contributed by atoms with Gasteiger partial charge in [0.15, 0.2) is 5.75 Å². The Hall–Kier alpha value is -1.75. The van der Waals surface area contributed by atoms with Gasteiger partial charge in [-0.05, 0) is 36.4 Å². The largest absolute Gasteiger partial charge is 0.491 e. The van der Waals surface area contributed by atoms with Crippen LogP contribution in [0, 0.1) is 0 Å². The van der Waals surface area contributed by atoms with Gasteiger partial charge in [0.05, 0.1) is 25.7 Å². The Balaban J connectivity index is 2.12. The van der Waals surface area contributed by atoms with Crippen molar-refractivity contribution in [2.75, 3.05) is 25.6 Å². The molecule has 2 aromatic carbocycles. The maximum atomic E-state index is 13.0. The van der Waals surface area contributed by atoms with Gasteiger partial charge in [-0.1, -0.05) is 23.2 Å². The van der Waals surface area contributed by atoms with Crippen molar-refractivity contribution >= 4 is 50.5 Å². The highest BCUT2D eigenvalue weighted by Crippen LogP contribution is 2.37. The molecule has 0 fully saturated rings. The van der Waals surface area contributed by atoms with Crippen molar-refractivity contribution in [2.45, 2.75) is 28.9 Å². The number of benzene rings is 2. The third kappa shape index (κ3) is 7.40. The Morgan fingerprint density at radius 2 is 1.56 bits per heavy atom. The fourth-order valence-electron chi connectivity index (χ4n) is 2.42. The van der Waals surface area contributed by atoms with Crippen LogP contribution in [0.25, 0.3) is 0 Å². The molecule has 2 atom stereocenters. The summed E-state index contributed by atoms with van der Waals surface area (Å²) >= 11 is 17.8. The van der Waals surface area contributed by atoms with E-state index in [1.165, 1.54) is 43.3 Å². The predicted octanol–water partition coefficient (Wildman–Crippen LogP) is 2.68. The molecule has 0 aliphatic heterocycles. The summed E-state index contributed by atoms with van der Waals surface area (Å²) in [6.45, 7) is 1.13. The normalized spacial score (nSPS) is 13.3. The molecule has 8 nitrogen and oxygen atoms in total. The number of carbonyl (C=O) groups is 1. The molecule has 2 unspecified atom stereocenters. The molecule has 2 aromatic rings. The summed E-state index contributed by atoms with van der Waals surface area (Å²) in [4.78, 5) is 10.7. The third-order valence-electron chi connectivity index (χ3n) is 4.04. The number of halogens is 3. The molecule has 0 heterocycles. The zero-order chi connectivity index (χ0) is 23.9. The van der Waals surface area contributed by atoms with E-state index in [9.17, 15) is 23.4 Å². The topological polar surface area (TPSA) is 122 Å². The highest BCUT2D eigenvalue weighted by Gasteiger charge is 2.22. The summed E-state index contributed by atoms with van der Waals surface area (Å²) in [5.74, 6) is 0.0585. The molecule has 3 N–H and O–H groups in total. The first-order valence-electron chi connectivity index (χ1n) is 9.31. The van der Waals surface area contributed by atoms with E-state index in [-0.39, 0.29) is 57.1 Å². The van der Waals surface area contributed by atoms with E-state index in [0.29, 0.717) is 5.75 Å². The van der Waals surface area contributed by atoms with Gasteiger partial charge in [-0.25, -0.2) is 8.42 Å². The maximum Gasteiger partial charge on any atom is 0.216 e. The molecule has 12 heteroatoms. The summed E-state index contributed by atoms with van der Waals surface area (Å²) < 4.78 is 36.6. The monoisotopic (exact) mass is 525 g/mol. The van der Waals surface area contributed by atoms with Crippen LogP contribution in [0.3, 0.4) is 0 Å². The number of hydrogen-bond acceptors (Lipinski definition) is 7. The third-order valence-corrected chi connectivity index (χ3v) is 6.71. The second kappa shape index (κ2) is 11.9. The quantitative estimate of drug-likeness (QED) is 0.385. The molecule has 1 amide bonds. The van der Waals surface area contributed by atoms with Crippen molar-refractivity contribution in [2.24, 2.45) is 0 Å². The van der Waals surface area contributed by atoms with Crippen LogP contribution < -0.4 is 14.8 Å². The minimum atomic E-state index is -3.95. The van der Waals surface area contributed by atoms with Crippen LogP contribution in [0.15, 0.2) is 46.2 Å². The van der Waals surface area contributed by atoms with Crippen LogP contribution in [-0.4, -0.2) is 62.4 Å². The predicted molar refractivity (Wildman–Crippen MR) is 121 cm³/mol. The molecule has 32 heavy (non-hydrogen) atoms. The van der Waals surface area contributed by atoms with Gasteiger partial charge in [0.1, 0.15) is 31.2 Å². The molecule has 176 valence electrons. The SMILES string of the molecule is CC(=O)NCC(O)COc1ccc(S(=O)(=O)c2cc(Cl)c(OCC(O)CCl)c(Cl)c2)cc1. The Morgan fingerprint density at radius 1 is 1.00 bits per heavy atom. The lowest BCUT2D eigenvalue weighted by molar-refractivity contribution is -0.119. The highest BCUT2D eigenvalue weighted by molar-refractivity contribution is 7.91. The van der Waals surface area contributed by atoms with Crippen LogP contribution in [0.2, 0.25) is 10.0 Å². The van der Waals surface area contributed by atoms with Gasteiger partial charge in [-0.15, -0.1) is 11.6 Å². The summed E-state index contributed by atoms with van der Waals surface area (Å²) in [7, 11) is -3.95. The van der Waals surface area contributed by atoms with E-state index < -0.39 is 22.0 Å². The van der Waals surface area contributed by atoms with Crippen LogP contribution in [0.1, 0.15) is 6.92 Å². The lowest BCUT2D eigenvalue weighted by Gasteiger charge is -2.14. The smallest absolute Gasteiger partial charge is 0.216 e. The number of hydrogen-bond donors (Lipinski definition) is 3. The van der Waals surface area contributed by atoms with Crippen molar-refractivity contribution in [3.8, 4) is 11.5 Å². The summed E-state index contributed by atoms with van der Waals surface area (Å²) in [5, 5.41) is 21.6. The molecule has 0 saturated carbocycles. The van der Waals surface area contributed by atoms with Gasteiger partial charge < -0.3 is 25.0 Å². The first-order valence-corrected chi connectivity index (χ1v) is 12.1. The number of carbonyl (C=O) groups excluding carboxylic acids is 1. The number of nitrogens with one attached hydrogen (secondary N) is 1. The number of aliphatic hydroxyl groups excluding tert-OH is 2. The number of amides is 1. The molecule has 0 aromatic heterocycles. The average molecular weight is 527 g/mol. The Morgan fingerprint density at radius 3 is 2.09 bits per heavy atom. The lowest BCUT2D eigenvalue weighted by Crippen LogP contribution is -2.33. The minimum absolute atomic E-state index is 0.0259. The lowest BCUT2D eigenvalue weighted by atomic mass is 10.3. The molecule has 0 radical (unpaired) electrons. The fraction of sp³-hybridized carbons (Fsp3) is 0.350. The molecule has 0 aliphatic carbocycles. The van der Waals surface area contributed by atoms with Gasteiger partial charge >= 0.3 is 0 Å². The van der Waals surface area contributed by atoms with Gasteiger partial charge in [-0.3, -0.25) is 4.79 Å². The Bertz CT molecular complexity index is 1010. The number of sulfone groups is 1. The fourth-order valence-corrected chi connectivity index (χ4v) is 4.54. The number of aliphatic hydroxyl groups is 2. The van der Waals surface area contributed by atoms with Crippen LogP contribution in [-0.2, 0) is 14.6 Å². The van der Waals surface area contributed by atoms with Gasteiger partial charge in [0, 0.05) is 13.5 Å². The highest BCUT2D eigenvalue weighted by atomic mass is 35.5. The molecular weight excluding hydrogens is 505 g/mol. The van der Waals surface area contributed by atoms with Crippen molar-refractivity contribution in [1.29, 1.82) is 0 Å². The van der Waals surface area contributed by atoms with Crippen LogP contribution in [0.5, 0.6) is 11.5 Å². The molecular formula is C20H22Cl3NO7S. The number of ether oxygens (including phenoxy) is 2. The zero-order valence-electron chi connectivity index (χ0n) is 16.9. The second-order valence-electron chi connectivity index (χ2n) is 6.71. The number of alkyl halides is 1. The van der Waals surface area contributed by atoms with Crippen molar-refractivity contribution in [3.63, 3.8) is 0 Å². The van der Waals surface area contributed by atoms with Crippen LogP contribution >= 0.6 is 34.8 Å². The summed E-state index contributed by atoms with van der Waals surface area (Å²) in [6.07, 6.45) is -1.85. The summed E-state index contributed by atoms with van der Waals surface area (Å²) in [5.41, 5.74) is 0. The first-order chi connectivity index (χ1) is 15.0. The van der Waals surface area contributed by atoms with E-state index in [2.05, 4.69) is 5.32 Å². The average Bonchev–Trinajstić information content (AvgIpc) is 2.75. The van der Waals surface area contributed by atoms with E-state index in [1.54, 1.807) is 0 Å². The Kier molecular flexibility index (Phi) is 9.87.